The summed E-state index contributed by atoms with van der Waals surface area (Å²) in [7, 11) is 1.90. The molecule has 0 aliphatic carbocycles. The number of hydrogen-bond acceptors (Lipinski definition) is 6. The number of aromatic nitrogens is 5. The highest BCUT2D eigenvalue weighted by Gasteiger charge is 2.27. The smallest absolute Gasteiger partial charge is 0.268 e. The molecule has 1 saturated heterocycles. The molecule has 0 bridgehead atoms. The summed E-state index contributed by atoms with van der Waals surface area (Å²) in [4.78, 5) is 25.2. The Balaban J connectivity index is 1.27. The number of nitrogens with one attached hydrogen (secondary N) is 2. The number of H-pyrrole nitrogens is 1. The summed E-state index contributed by atoms with van der Waals surface area (Å²) in [5, 5.41) is 11.2. The topological polar surface area (TPSA) is 91.7 Å². The number of rotatable bonds is 5. The summed E-state index contributed by atoms with van der Waals surface area (Å²) in [5.74, 6) is -0.0963. The van der Waals surface area contributed by atoms with Crippen molar-refractivity contribution in [1.82, 2.24) is 30.0 Å². The van der Waals surface area contributed by atoms with Crippen molar-refractivity contribution >= 4 is 34.5 Å². The largest absolute Gasteiger partial charge is 0.346 e. The van der Waals surface area contributed by atoms with Crippen LogP contribution < -0.4 is 10.2 Å². The van der Waals surface area contributed by atoms with Crippen LogP contribution in [-0.4, -0.2) is 49.8 Å². The Bertz CT molecular complexity index is 1280. The Morgan fingerprint density at radius 1 is 1.25 bits per heavy atom. The molecule has 10 heteroatoms. The third kappa shape index (κ3) is 3.93. The summed E-state index contributed by atoms with van der Waals surface area (Å²) < 4.78 is 15.0. The van der Waals surface area contributed by atoms with Crippen molar-refractivity contribution in [1.29, 1.82) is 0 Å². The van der Waals surface area contributed by atoms with Crippen LogP contribution in [0.25, 0.3) is 10.9 Å². The second-order valence-electron chi connectivity index (χ2n) is 7.87. The molecule has 1 aromatic carbocycles. The SMILES string of the molecule is Cc1c(Sc2ccc3[nH]ncc3c2)cc(C(=O)NC2CCN(c3ncc(F)cn3)C2)n1C. The zero-order valence-electron chi connectivity index (χ0n) is 17.7. The molecule has 5 rings (SSSR count). The summed E-state index contributed by atoms with van der Waals surface area (Å²) in [6.45, 7) is 3.31. The highest BCUT2D eigenvalue weighted by atomic mass is 32.2. The monoisotopic (exact) mass is 451 g/mol. The standard InChI is InChI=1S/C22H22FN7OS/c1-13-20(32-17-3-4-18-14(7-17)9-26-28-18)8-19(29(13)2)21(31)27-16-5-6-30(12-16)22-24-10-15(23)11-25-22/h3-4,7-11,16H,5-6,12H2,1-2H3,(H,26,28)(H,27,31). The van der Waals surface area contributed by atoms with Gasteiger partial charge in [-0.2, -0.15) is 5.10 Å². The lowest BCUT2D eigenvalue weighted by Gasteiger charge is -2.16. The average Bonchev–Trinajstić information content (AvgIpc) is 3.50. The molecule has 8 nitrogen and oxygen atoms in total. The molecule has 3 aromatic heterocycles. The lowest BCUT2D eigenvalue weighted by atomic mass is 10.2. The van der Waals surface area contributed by atoms with E-state index in [4.69, 9.17) is 0 Å². The Hall–Kier alpha value is -3.40. The Labute approximate surface area is 188 Å². The molecule has 1 aliphatic rings. The zero-order valence-corrected chi connectivity index (χ0v) is 18.5. The number of carbonyl (C=O) groups is 1. The molecule has 164 valence electrons. The molecule has 0 saturated carbocycles. The first-order chi connectivity index (χ1) is 15.5. The summed E-state index contributed by atoms with van der Waals surface area (Å²) in [5.41, 5.74) is 2.64. The van der Waals surface area contributed by atoms with E-state index in [2.05, 4.69) is 31.5 Å². The van der Waals surface area contributed by atoms with E-state index >= 15 is 0 Å². The highest BCUT2D eigenvalue weighted by Crippen LogP contribution is 2.33. The van der Waals surface area contributed by atoms with Crippen LogP contribution in [0, 0.1) is 12.7 Å². The minimum atomic E-state index is -0.463. The minimum Gasteiger partial charge on any atom is -0.346 e. The van der Waals surface area contributed by atoms with Crippen molar-refractivity contribution < 1.29 is 9.18 Å². The van der Waals surface area contributed by atoms with Crippen molar-refractivity contribution in [3.8, 4) is 0 Å². The van der Waals surface area contributed by atoms with Gasteiger partial charge in [0.05, 0.1) is 24.1 Å². The zero-order chi connectivity index (χ0) is 22.2. The molecule has 0 spiro atoms. The predicted octanol–water partition coefficient (Wildman–Crippen LogP) is 3.30. The number of fused-ring (bicyclic) bond motifs is 1. The fraction of sp³-hybridized carbons (Fsp3) is 0.273. The Morgan fingerprint density at radius 2 is 2.06 bits per heavy atom. The molecule has 4 heterocycles. The maximum atomic E-state index is 13.1. The van der Waals surface area contributed by atoms with Crippen LogP contribution in [-0.2, 0) is 7.05 Å². The van der Waals surface area contributed by atoms with Gasteiger partial charge in [0, 0.05) is 47.1 Å². The van der Waals surface area contributed by atoms with E-state index in [1.54, 1.807) is 18.0 Å². The lowest BCUT2D eigenvalue weighted by molar-refractivity contribution is 0.0932. The average molecular weight is 452 g/mol. The number of benzene rings is 1. The maximum Gasteiger partial charge on any atom is 0.268 e. The first-order valence-electron chi connectivity index (χ1n) is 10.3. The second-order valence-corrected chi connectivity index (χ2v) is 8.98. The van der Waals surface area contributed by atoms with Gasteiger partial charge in [-0.15, -0.1) is 0 Å². The van der Waals surface area contributed by atoms with E-state index in [1.807, 2.05) is 41.6 Å². The van der Waals surface area contributed by atoms with Gasteiger partial charge in [-0.25, -0.2) is 14.4 Å². The van der Waals surface area contributed by atoms with Crippen molar-refractivity contribution in [2.75, 3.05) is 18.0 Å². The van der Waals surface area contributed by atoms with Crippen molar-refractivity contribution in [3.05, 3.63) is 60.1 Å². The van der Waals surface area contributed by atoms with Gasteiger partial charge in [-0.1, -0.05) is 11.8 Å². The van der Waals surface area contributed by atoms with Crippen LogP contribution in [0.4, 0.5) is 10.3 Å². The Morgan fingerprint density at radius 3 is 2.88 bits per heavy atom. The highest BCUT2D eigenvalue weighted by molar-refractivity contribution is 7.99. The number of carbonyl (C=O) groups excluding carboxylic acids is 1. The number of nitrogens with zero attached hydrogens (tertiary/aromatic N) is 5. The molecule has 1 aliphatic heterocycles. The van der Waals surface area contributed by atoms with Crippen LogP contribution in [0.1, 0.15) is 22.6 Å². The molecule has 2 N–H and O–H groups in total. The third-order valence-corrected chi connectivity index (χ3v) is 6.90. The van der Waals surface area contributed by atoms with E-state index in [-0.39, 0.29) is 11.9 Å². The number of aromatic amines is 1. The third-order valence-electron chi connectivity index (χ3n) is 5.77. The van der Waals surface area contributed by atoms with E-state index in [0.717, 1.165) is 45.2 Å². The summed E-state index contributed by atoms with van der Waals surface area (Å²) >= 11 is 1.63. The molecular formula is C22H22FN7OS. The second kappa shape index (κ2) is 8.27. The molecule has 1 amide bonds. The number of hydrogen-bond donors (Lipinski definition) is 2. The molecule has 32 heavy (non-hydrogen) atoms. The maximum absolute atomic E-state index is 13.1. The quantitative estimate of drug-likeness (QED) is 0.484. The minimum absolute atomic E-state index is 0.0223. The molecule has 1 unspecified atom stereocenters. The van der Waals surface area contributed by atoms with E-state index in [9.17, 15) is 9.18 Å². The van der Waals surface area contributed by atoms with E-state index in [0.29, 0.717) is 24.7 Å². The first kappa shape index (κ1) is 20.5. The number of anilines is 1. The van der Waals surface area contributed by atoms with Gasteiger partial charge in [0.15, 0.2) is 5.82 Å². The lowest BCUT2D eigenvalue weighted by Crippen LogP contribution is -2.38. The van der Waals surface area contributed by atoms with Crippen LogP contribution >= 0.6 is 11.8 Å². The molecular weight excluding hydrogens is 429 g/mol. The normalized spacial score (nSPS) is 16.1. The first-order valence-corrected chi connectivity index (χ1v) is 11.1. The van der Waals surface area contributed by atoms with Crippen molar-refractivity contribution in [3.63, 3.8) is 0 Å². The van der Waals surface area contributed by atoms with Crippen LogP contribution in [0.2, 0.25) is 0 Å². The van der Waals surface area contributed by atoms with Gasteiger partial charge in [0.1, 0.15) is 5.69 Å². The summed E-state index contributed by atoms with van der Waals surface area (Å²) in [6, 6.07) is 8.05. The number of halogens is 1. The van der Waals surface area contributed by atoms with Crippen LogP contribution in [0.15, 0.2) is 52.6 Å². The fourth-order valence-corrected chi connectivity index (χ4v) is 4.92. The summed E-state index contributed by atoms with van der Waals surface area (Å²) in [6.07, 6.45) is 4.90. The van der Waals surface area contributed by atoms with Gasteiger partial charge in [0.2, 0.25) is 5.95 Å². The van der Waals surface area contributed by atoms with E-state index < -0.39 is 5.82 Å². The fourth-order valence-electron chi connectivity index (χ4n) is 3.89. The van der Waals surface area contributed by atoms with Crippen molar-refractivity contribution in [2.24, 2.45) is 7.05 Å². The molecule has 1 fully saturated rings. The predicted molar refractivity (Wildman–Crippen MR) is 120 cm³/mol. The molecule has 0 radical (unpaired) electrons. The van der Waals surface area contributed by atoms with Gasteiger partial charge in [-0.3, -0.25) is 9.89 Å². The Kier molecular flexibility index (Phi) is 5.30. The molecule has 1 atom stereocenters. The van der Waals surface area contributed by atoms with Gasteiger partial charge in [-0.05, 0) is 37.6 Å². The van der Waals surface area contributed by atoms with Gasteiger partial charge in [0.25, 0.3) is 5.91 Å². The van der Waals surface area contributed by atoms with E-state index in [1.165, 1.54) is 0 Å². The molecule has 4 aromatic rings. The number of amides is 1. The van der Waals surface area contributed by atoms with Gasteiger partial charge < -0.3 is 14.8 Å². The van der Waals surface area contributed by atoms with Gasteiger partial charge >= 0.3 is 0 Å². The van der Waals surface area contributed by atoms with Crippen LogP contribution in [0.3, 0.4) is 0 Å². The van der Waals surface area contributed by atoms with Crippen LogP contribution in [0.5, 0.6) is 0 Å². The van der Waals surface area contributed by atoms with Crippen molar-refractivity contribution in [2.45, 2.75) is 29.2 Å².